The van der Waals surface area contributed by atoms with Crippen LogP contribution in [-0.4, -0.2) is 74.0 Å². The van der Waals surface area contributed by atoms with Crippen LogP contribution in [0.25, 0.3) is 0 Å². The number of carbonyl (C=O) groups is 1. The number of sulfonamides is 1. The van der Waals surface area contributed by atoms with Crippen molar-refractivity contribution in [2.45, 2.75) is 39.7 Å². The number of carbonyl (C=O) groups excluding carboxylic acids is 1. The first kappa shape index (κ1) is 21.9. The molecule has 2 rings (SSSR count). The Bertz CT molecular complexity index is 713. The van der Waals surface area contributed by atoms with Gasteiger partial charge in [0.25, 0.3) is 0 Å². The van der Waals surface area contributed by atoms with E-state index in [2.05, 4.69) is 11.8 Å². The lowest BCUT2D eigenvalue weighted by molar-refractivity contribution is -0.131. The highest BCUT2D eigenvalue weighted by Gasteiger charge is 2.27. The maximum atomic E-state index is 12.5. The number of amides is 1. The lowest BCUT2D eigenvalue weighted by atomic mass is 10.1. The third-order valence-corrected chi connectivity index (χ3v) is 7.14. The predicted molar refractivity (Wildman–Crippen MR) is 109 cm³/mol. The second kappa shape index (κ2) is 10.2. The summed E-state index contributed by atoms with van der Waals surface area (Å²) in [6.45, 7) is 7.22. The zero-order chi connectivity index (χ0) is 19.9. The van der Waals surface area contributed by atoms with Gasteiger partial charge in [0.2, 0.25) is 15.9 Å². The van der Waals surface area contributed by atoms with Crippen LogP contribution in [0.5, 0.6) is 0 Å². The van der Waals surface area contributed by atoms with Gasteiger partial charge in [0.15, 0.2) is 0 Å². The van der Waals surface area contributed by atoms with E-state index in [1.165, 1.54) is 5.56 Å². The monoisotopic (exact) mass is 395 g/mol. The molecule has 1 fully saturated rings. The Morgan fingerprint density at radius 3 is 2.41 bits per heavy atom. The highest BCUT2D eigenvalue weighted by Crippen LogP contribution is 2.12. The van der Waals surface area contributed by atoms with E-state index in [4.69, 9.17) is 0 Å². The molecular formula is C20H33N3O3S. The molecule has 1 heterocycles. The molecule has 0 spiro atoms. The minimum atomic E-state index is -3.16. The number of unbranched alkanes of at least 4 members (excludes halogenated alkanes) is 2. The van der Waals surface area contributed by atoms with Crippen molar-refractivity contribution in [3.05, 3.63) is 35.4 Å². The fourth-order valence-electron chi connectivity index (χ4n) is 3.27. The summed E-state index contributed by atoms with van der Waals surface area (Å²) in [7, 11) is -1.34. The van der Waals surface area contributed by atoms with Gasteiger partial charge < -0.3 is 4.90 Å². The smallest absolute Gasteiger partial charge is 0.236 e. The number of nitrogens with zero attached hydrogens (tertiary/aromatic N) is 3. The Hall–Kier alpha value is -1.44. The van der Waals surface area contributed by atoms with Crippen LogP contribution in [0.2, 0.25) is 0 Å². The average Bonchev–Trinajstić information content (AvgIpc) is 2.64. The maximum absolute atomic E-state index is 12.5. The number of piperazine rings is 1. The van der Waals surface area contributed by atoms with E-state index in [1.54, 1.807) is 9.21 Å². The van der Waals surface area contributed by atoms with E-state index in [0.29, 0.717) is 39.3 Å². The van der Waals surface area contributed by atoms with Crippen LogP contribution in [0.15, 0.2) is 24.3 Å². The van der Waals surface area contributed by atoms with Crippen LogP contribution < -0.4 is 0 Å². The summed E-state index contributed by atoms with van der Waals surface area (Å²) in [6.07, 6.45) is 2.68. The standard InChI is InChI=1S/C20H33N3O3S/c1-4-5-8-15-27(25,26)23-13-11-22(12-14-23)17-20(24)21(3)16-19-10-7-6-9-18(19)2/h6-7,9-10H,4-5,8,11-17H2,1-3H3. The zero-order valence-corrected chi connectivity index (χ0v) is 17.7. The summed E-state index contributed by atoms with van der Waals surface area (Å²) in [5, 5.41) is 0. The van der Waals surface area contributed by atoms with E-state index in [-0.39, 0.29) is 11.7 Å². The molecule has 0 atom stereocenters. The Kier molecular flexibility index (Phi) is 8.26. The minimum Gasteiger partial charge on any atom is -0.340 e. The van der Waals surface area contributed by atoms with Crippen LogP contribution in [0.3, 0.4) is 0 Å². The second-order valence-corrected chi connectivity index (χ2v) is 9.46. The predicted octanol–water partition coefficient (Wildman–Crippen LogP) is 2.09. The first-order valence-corrected chi connectivity index (χ1v) is 11.4. The van der Waals surface area contributed by atoms with Crippen LogP contribution >= 0.6 is 0 Å². The molecule has 1 aliphatic heterocycles. The fraction of sp³-hybridized carbons (Fsp3) is 0.650. The SMILES string of the molecule is CCCCCS(=O)(=O)N1CCN(CC(=O)N(C)Cc2ccccc2C)CC1. The van der Waals surface area contributed by atoms with E-state index in [0.717, 1.165) is 24.8 Å². The van der Waals surface area contributed by atoms with Crippen LogP contribution in [0.4, 0.5) is 0 Å². The van der Waals surface area contributed by atoms with Crippen molar-refractivity contribution < 1.29 is 13.2 Å². The first-order valence-electron chi connectivity index (χ1n) is 9.82. The van der Waals surface area contributed by atoms with E-state index in [1.807, 2.05) is 38.2 Å². The molecule has 152 valence electrons. The third kappa shape index (κ3) is 6.59. The fourth-order valence-corrected chi connectivity index (χ4v) is 4.82. The molecule has 1 saturated heterocycles. The largest absolute Gasteiger partial charge is 0.340 e. The summed E-state index contributed by atoms with van der Waals surface area (Å²) < 4.78 is 26.3. The van der Waals surface area contributed by atoms with Crippen molar-refractivity contribution >= 4 is 15.9 Å². The van der Waals surface area contributed by atoms with Crippen LogP contribution in [-0.2, 0) is 21.4 Å². The highest BCUT2D eigenvalue weighted by atomic mass is 32.2. The van der Waals surface area contributed by atoms with Gasteiger partial charge in [-0.25, -0.2) is 8.42 Å². The number of rotatable bonds is 9. The molecule has 0 unspecified atom stereocenters. The quantitative estimate of drug-likeness (QED) is 0.601. The number of hydrogen-bond acceptors (Lipinski definition) is 4. The lowest BCUT2D eigenvalue weighted by Gasteiger charge is -2.34. The third-order valence-electron chi connectivity index (χ3n) is 5.18. The second-order valence-electron chi connectivity index (χ2n) is 7.37. The highest BCUT2D eigenvalue weighted by molar-refractivity contribution is 7.89. The normalized spacial score (nSPS) is 16.4. The number of likely N-dealkylation sites (N-methyl/N-ethyl adjacent to an activating group) is 1. The Balaban J connectivity index is 1.79. The van der Waals surface area contributed by atoms with Crippen molar-refractivity contribution in [1.29, 1.82) is 0 Å². The molecule has 0 N–H and O–H groups in total. The number of aryl methyl sites for hydroxylation is 1. The van der Waals surface area contributed by atoms with Crippen LogP contribution in [0, 0.1) is 6.92 Å². The molecule has 1 amide bonds. The van der Waals surface area contributed by atoms with Gasteiger partial charge in [-0.1, -0.05) is 44.0 Å². The molecule has 6 nitrogen and oxygen atoms in total. The molecule has 0 saturated carbocycles. The van der Waals surface area contributed by atoms with E-state index >= 15 is 0 Å². The van der Waals surface area contributed by atoms with Crippen LogP contribution in [0.1, 0.15) is 37.3 Å². The van der Waals surface area contributed by atoms with Crippen molar-refractivity contribution in [3.63, 3.8) is 0 Å². The van der Waals surface area contributed by atoms with Gasteiger partial charge in [-0.15, -0.1) is 0 Å². The summed E-state index contributed by atoms with van der Waals surface area (Å²) in [5.41, 5.74) is 2.33. The molecular weight excluding hydrogens is 362 g/mol. The minimum absolute atomic E-state index is 0.0671. The average molecular weight is 396 g/mol. The molecule has 0 aromatic heterocycles. The van der Waals surface area contributed by atoms with Gasteiger partial charge >= 0.3 is 0 Å². The molecule has 0 bridgehead atoms. The van der Waals surface area contributed by atoms with Gasteiger partial charge in [-0.05, 0) is 24.5 Å². The maximum Gasteiger partial charge on any atom is 0.236 e. The van der Waals surface area contributed by atoms with Crippen molar-refractivity contribution in [1.82, 2.24) is 14.1 Å². The van der Waals surface area contributed by atoms with Crippen molar-refractivity contribution in [3.8, 4) is 0 Å². The van der Waals surface area contributed by atoms with E-state index in [9.17, 15) is 13.2 Å². The summed E-state index contributed by atoms with van der Waals surface area (Å²) in [5.74, 6) is 0.302. The zero-order valence-electron chi connectivity index (χ0n) is 16.9. The molecule has 0 radical (unpaired) electrons. The van der Waals surface area contributed by atoms with Gasteiger partial charge in [-0.2, -0.15) is 4.31 Å². The first-order chi connectivity index (χ1) is 12.8. The van der Waals surface area contributed by atoms with Gasteiger partial charge in [-0.3, -0.25) is 9.69 Å². The Labute approximate surface area is 164 Å². The molecule has 1 aromatic carbocycles. The molecule has 7 heteroatoms. The molecule has 27 heavy (non-hydrogen) atoms. The van der Waals surface area contributed by atoms with Crippen molar-refractivity contribution in [2.24, 2.45) is 0 Å². The van der Waals surface area contributed by atoms with Gasteiger partial charge in [0, 0.05) is 39.8 Å². The summed E-state index contributed by atoms with van der Waals surface area (Å²) in [6, 6.07) is 8.08. The lowest BCUT2D eigenvalue weighted by Crippen LogP contribution is -2.51. The Morgan fingerprint density at radius 2 is 1.78 bits per heavy atom. The van der Waals surface area contributed by atoms with E-state index < -0.39 is 10.0 Å². The Morgan fingerprint density at radius 1 is 1.11 bits per heavy atom. The van der Waals surface area contributed by atoms with Crippen molar-refractivity contribution in [2.75, 3.05) is 45.5 Å². The molecule has 0 aliphatic carbocycles. The summed E-state index contributed by atoms with van der Waals surface area (Å²) in [4.78, 5) is 16.3. The summed E-state index contributed by atoms with van der Waals surface area (Å²) >= 11 is 0. The number of hydrogen-bond donors (Lipinski definition) is 0. The van der Waals surface area contributed by atoms with Gasteiger partial charge in [0.05, 0.1) is 12.3 Å². The number of benzene rings is 1. The van der Waals surface area contributed by atoms with Gasteiger partial charge in [0.1, 0.15) is 0 Å². The molecule has 1 aromatic rings. The topological polar surface area (TPSA) is 60.9 Å². The molecule has 1 aliphatic rings.